The van der Waals surface area contributed by atoms with E-state index in [-0.39, 0.29) is 29.2 Å². The lowest BCUT2D eigenvalue weighted by Crippen LogP contribution is -2.52. The third kappa shape index (κ3) is 6.39. The molecule has 0 aliphatic rings. The number of nitrogens with one attached hydrogen (secondary N) is 2. The number of ether oxygens (including phenoxy) is 1. The summed E-state index contributed by atoms with van der Waals surface area (Å²) in [4.78, 5) is 17.0. The second-order valence-corrected chi connectivity index (χ2v) is 7.99. The molecule has 11 heteroatoms. The van der Waals surface area contributed by atoms with Gasteiger partial charge >= 0.3 is 18.6 Å². The van der Waals surface area contributed by atoms with E-state index in [0.29, 0.717) is 11.6 Å². The summed E-state index contributed by atoms with van der Waals surface area (Å²) >= 11 is 5.98. The highest BCUT2D eigenvalue weighted by molar-refractivity contribution is 6.30. The Morgan fingerprint density at radius 2 is 1.83 bits per heavy atom. The van der Waals surface area contributed by atoms with E-state index < -0.39 is 35.7 Å². The van der Waals surface area contributed by atoms with Crippen molar-refractivity contribution in [2.45, 2.75) is 31.4 Å². The molecule has 186 valence electrons. The number of carbonyl (C=O) groups is 1. The van der Waals surface area contributed by atoms with Gasteiger partial charge in [0.25, 0.3) is 0 Å². The molecular weight excluding hydrogens is 493 g/mol. The van der Waals surface area contributed by atoms with E-state index in [1.165, 1.54) is 18.3 Å². The third-order valence-corrected chi connectivity index (χ3v) is 5.24. The molecule has 3 aromatic rings. The Balaban J connectivity index is 2.24. The van der Waals surface area contributed by atoms with Crippen molar-refractivity contribution in [2.24, 2.45) is 0 Å². The van der Waals surface area contributed by atoms with E-state index in [4.69, 9.17) is 11.6 Å². The van der Waals surface area contributed by atoms with Gasteiger partial charge in [0.1, 0.15) is 17.1 Å². The van der Waals surface area contributed by atoms with Crippen LogP contribution in [-0.2, 0) is 12.0 Å². The summed E-state index contributed by atoms with van der Waals surface area (Å²) in [5.41, 5.74) is -0.840. The molecule has 0 radical (unpaired) electrons. The molecule has 1 aromatic heterocycles. The second-order valence-electron chi connectivity index (χ2n) is 7.55. The van der Waals surface area contributed by atoms with E-state index in [2.05, 4.69) is 20.4 Å². The van der Waals surface area contributed by atoms with Gasteiger partial charge in [-0.3, -0.25) is 4.98 Å². The predicted octanol–water partition coefficient (Wildman–Crippen LogP) is 5.92. The van der Waals surface area contributed by atoms with Crippen LogP contribution in [0.25, 0.3) is 0 Å². The van der Waals surface area contributed by atoms with Crippen LogP contribution in [0.5, 0.6) is 5.75 Å². The fraction of sp³-hybridized carbons (Fsp3) is 0.250. The fourth-order valence-electron chi connectivity index (χ4n) is 3.52. The van der Waals surface area contributed by atoms with Crippen molar-refractivity contribution in [3.05, 3.63) is 94.5 Å². The van der Waals surface area contributed by atoms with Crippen molar-refractivity contribution < 1.29 is 31.5 Å². The first-order valence-electron chi connectivity index (χ1n) is 10.4. The van der Waals surface area contributed by atoms with E-state index in [0.717, 1.165) is 12.1 Å². The SMILES string of the molecule is CCNC(=O)N[C@@](Cc1ccccc1)(c1cc(F)cc(OC(F)(F)C(F)F)c1)c1ccc(Cl)cn1. The number of amides is 2. The molecule has 0 bridgehead atoms. The third-order valence-electron chi connectivity index (χ3n) is 5.01. The molecular formula is C24H21ClF5N3O2. The van der Waals surface area contributed by atoms with Gasteiger partial charge in [0.2, 0.25) is 0 Å². The summed E-state index contributed by atoms with van der Waals surface area (Å²) in [6.07, 6.45) is -7.71. The van der Waals surface area contributed by atoms with Crippen LogP contribution in [0, 0.1) is 5.82 Å². The van der Waals surface area contributed by atoms with Gasteiger partial charge in [-0.2, -0.15) is 17.6 Å². The molecule has 1 atom stereocenters. The van der Waals surface area contributed by atoms with Crippen LogP contribution >= 0.6 is 11.6 Å². The Morgan fingerprint density at radius 1 is 1.11 bits per heavy atom. The lowest BCUT2D eigenvalue weighted by molar-refractivity contribution is -0.253. The molecule has 2 aromatic carbocycles. The molecule has 0 saturated carbocycles. The van der Waals surface area contributed by atoms with Crippen LogP contribution in [0.2, 0.25) is 5.02 Å². The molecule has 2 N–H and O–H groups in total. The summed E-state index contributed by atoms with van der Waals surface area (Å²) in [5, 5.41) is 5.61. The van der Waals surface area contributed by atoms with Crippen molar-refractivity contribution in [1.29, 1.82) is 0 Å². The number of urea groups is 1. The standard InChI is InChI=1S/C24H21ClF5N3O2/c1-2-31-22(34)33-23(13-15-6-4-3-5-7-15,20-9-8-17(25)14-32-20)16-10-18(26)12-19(11-16)35-24(29,30)21(27)28/h3-12,14,21H,2,13H2,1H3,(H2,31,33,34)/t23-/m0/s1. The summed E-state index contributed by atoms with van der Waals surface area (Å²) in [6, 6.07) is 13.5. The molecule has 0 unspecified atom stereocenters. The molecule has 3 rings (SSSR count). The van der Waals surface area contributed by atoms with E-state index in [1.54, 1.807) is 37.3 Å². The summed E-state index contributed by atoms with van der Waals surface area (Å²) in [6.45, 7) is 1.93. The number of hydrogen-bond acceptors (Lipinski definition) is 3. The van der Waals surface area contributed by atoms with Crippen LogP contribution in [-0.4, -0.2) is 30.1 Å². The highest BCUT2D eigenvalue weighted by atomic mass is 35.5. The Bertz CT molecular complexity index is 1150. The Labute approximate surface area is 203 Å². The normalized spacial score (nSPS) is 13.3. The number of hydrogen-bond donors (Lipinski definition) is 2. The van der Waals surface area contributed by atoms with Gasteiger partial charge in [0.15, 0.2) is 0 Å². The molecule has 1 heterocycles. The van der Waals surface area contributed by atoms with Crippen molar-refractivity contribution in [3.63, 3.8) is 0 Å². The maximum absolute atomic E-state index is 14.7. The molecule has 0 aliphatic heterocycles. The number of alkyl halides is 4. The summed E-state index contributed by atoms with van der Waals surface area (Å²) in [7, 11) is 0. The van der Waals surface area contributed by atoms with Crippen molar-refractivity contribution in [3.8, 4) is 5.75 Å². The van der Waals surface area contributed by atoms with Gasteiger partial charge in [-0.05, 0) is 42.3 Å². The van der Waals surface area contributed by atoms with Crippen molar-refractivity contribution in [1.82, 2.24) is 15.6 Å². The molecule has 0 saturated heterocycles. The Kier molecular flexibility index (Phi) is 8.16. The molecule has 2 amide bonds. The van der Waals surface area contributed by atoms with Gasteiger partial charge in [-0.1, -0.05) is 41.9 Å². The van der Waals surface area contributed by atoms with Crippen LogP contribution in [0.4, 0.5) is 26.7 Å². The Morgan fingerprint density at radius 3 is 2.43 bits per heavy atom. The van der Waals surface area contributed by atoms with Gasteiger partial charge < -0.3 is 15.4 Å². The number of nitrogens with zero attached hydrogens (tertiary/aromatic N) is 1. The summed E-state index contributed by atoms with van der Waals surface area (Å²) < 4.78 is 71.5. The van der Waals surface area contributed by atoms with Crippen LogP contribution in [0.3, 0.4) is 0 Å². The predicted molar refractivity (Wildman–Crippen MR) is 120 cm³/mol. The highest BCUT2D eigenvalue weighted by Crippen LogP contribution is 2.37. The fourth-order valence-corrected chi connectivity index (χ4v) is 3.63. The molecule has 5 nitrogen and oxygen atoms in total. The largest absolute Gasteiger partial charge is 0.461 e. The molecule has 0 fully saturated rings. The van der Waals surface area contributed by atoms with E-state index in [9.17, 15) is 26.7 Å². The number of rotatable bonds is 9. The number of pyridine rings is 1. The van der Waals surface area contributed by atoms with Crippen LogP contribution in [0.15, 0.2) is 66.9 Å². The first kappa shape index (κ1) is 26.2. The zero-order valence-electron chi connectivity index (χ0n) is 18.4. The minimum absolute atomic E-state index is 0.00621. The topological polar surface area (TPSA) is 63.2 Å². The minimum atomic E-state index is -4.86. The molecule has 0 aliphatic carbocycles. The van der Waals surface area contributed by atoms with Gasteiger partial charge in [-0.15, -0.1) is 0 Å². The molecule has 35 heavy (non-hydrogen) atoms. The van der Waals surface area contributed by atoms with Crippen LogP contribution in [0.1, 0.15) is 23.7 Å². The van der Waals surface area contributed by atoms with E-state index in [1.807, 2.05) is 0 Å². The lowest BCUT2D eigenvalue weighted by Gasteiger charge is -2.35. The van der Waals surface area contributed by atoms with Crippen LogP contribution < -0.4 is 15.4 Å². The maximum Gasteiger partial charge on any atom is 0.461 e. The zero-order valence-corrected chi connectivity index (χ0v) is 19.1. The second kappa shape index (κ2) is 10.9. The quantitative estimate of drug-likeness (QED) is 0.349. The van der Waals surface area contributed by atoms with Gasteiger partial charge in [0.05, 0.1) is 10.7 Å². The van der Waals surface area contributed by atoms with E-state index >= 15 is 0 Å². The van der Waals surface area contributed by atoms with Gasteiger partial charge in [-0.25, -0.2) is 9.18 Å². The molecule has 0 spiro atoms. The minimum Gasteiger partial charge on any atom is -0.428 e. The van der Waals surface area contributed by atoms with Crippen molar-refractivity contribution >= 4 is 17.6 Å². The number of aromatic nitrogens is 1. The average molecular weight is 514 g/mol. The average Bonchev–Trinajstić information content (AvgIpc) is 2.79. The number of halogens is 6. The maximum atomic E-state index is 14.7. The van der Waals surface area contributed by atoms with Crippen molar-refractivity contribution in [2.75, 3.05) is 6.54 Å². The first-order valence-corrected chi connectivity index (χ1v) is 10.8. The zero-order chi connectivity index (χ0) is 25.6. The van der Waals surface area contributed by atoms with Gasteiger partial charge in [0, 0.05) is 25.2 Å². The number of carbonyl (C=O) groups excluding carboxylic acids is 1. The number of benzene rings is 2. The summed E-state index contributed by atoms with van der Waals surface area (Å²) in [5.74, 6) is -1.90. The highest BCUT2D eigenvalue weighted by Gasteiger charge is 2.45. The smallest absolute Gasteiger partial charge is 0.428 e. The lowest BCUT2D eigenvalue weighted by atomic mass is 9.80. The Hall–Kier alpha value is -3.40. The monoisotopic (exact) mass is 513 g/mol. The first-order chi connectivity index (χ1) is 16.6.